The Morgan fingerprint density at radius 3 is 2.80 bits per heavy atom. The first-order valence-electron chi connectivity index (χ1n) is 7.72. The molecule has 0 bridgehead atoms. The van der Waals surface area contributed by atoms with Crippen molar-refractivity contribution in [3.8, 4) is 11.3 Å². The SMILES string of the molecule is COC(=O)C(Nc1ncnc2onc(-c3cccc(Cl)c3)c12)C(C)C. The molecular weight excluding hydrogens is 344 g/mol. The molecule has 0 fully saturated rings. The molecule has 2 aromatic heterocycles. The van der Waals surface area contributed by atoms with Gasteiger partial charge in [-0.3, -0.25) is 0 Å². The van der Waals surface area contributed by atoms with Crippen LogP contribution in [0, 0.1) is 5.92 Å². The van der Waals surface area contributed by atoms with Crippen molar-refractivity contribution in [3.63, 3.8) is 0 Å². The van der Waals surface area contributed by atoms with E-state index in [-0.39, 0.29) is 11.9 Å². The van der Waals surface area contributed by atoms with Crippen molar-refractivity contribution in [1.29, 1.82) is 0 Å². The van der Waals surface area contributed by atoms with Gasteiger partial charge in [0.1, 0.15) is 29.3 Å². The molecule has 130 valence electrons. The summed E-state index contributed by atoms with van der Waals surface area (Å²) < 4.78 is 10.2. The van der Waals surface area contributed by atoms with E-state index >= 15 is 0 Å². The molecule has 0 amide bonds. The van der Waals surface area contributed by atoms with Gasteiger partial charge in [0.05, 0.1) is 7.11 Å². The Bertz CT molecular complexity index is 910. The lowest BCUT2D eigenvalue weighted by atomic mass is 10.0. The number of hydrogen-bond donors (Lipinski definition) is 1. The number of benzene rings is 1. The van der Waals surface area contributed by atoms with Crippen LogP contribution in [0.15, 0.2) is 35.1 Å². The van der Waals surface area contributed by atoms with E-state index in [9.17, 15) is 4.79 Å². The summed E-state index contributed by atoms with van der Waals surface area (Å²) in [5.41, 5.74) is 1.64. The second-order valence-corrected chi connectivity index (χ2v) is 6.27. The molecule has 0 aliphatic rings. The van der Waals surface area contributed by atoms with Crippen LogP contribution >= 0.6 is 11.6 Å². The summed E-state index contributed by atoms with van der Waals surface area (Å²) in [7, 11) is 1.35. The highest BCUT2D eigenvalue weighted by atomic mass is 35.5. The Hall–Kier alpha value is -2.67. The van der Waals surface area contributed by atoms with Crippen LogP contribution in [-0.4, -0.2) is 34.2 Å². The Labute approximate surface area is 149 Å². The Kier molecular flexibility index (Phi) is 4.85. The number of aromatic nitrogens is 3. The maximum atomic E-state index is 12.0. The van der Waals surface area contributed by atoms with Gasteiger partial charge in [0, 0.05) is 10.6 Å². The second kappa shape index (κ2) is 7.06. The first kappa shape index (κ1) is 17.2. The number of anilines is 1. The van der Waals surface area contributed by atoms with E-state index < -0.39 is 6.04 Å². The van der Waals surface area contributed by atoms with Crippen LogP contribution in [-0.2, 0) is 9.53 Å². The lowest BCUT2D eigenvalue weighted by Gasteiger charge is -2.20. The van der Waals surface area contributed by atoms with E-state index in [1.807, 2.05) is 26.0 Å². The number of carbonyl (C=O) groups excluding carboxylic acids is 1. The van der Waals surface area contributed by atoms with Crippen molar-refractivity contribution in [2.24, 2.45) is 5.92 Å². The van der Waals surface area contributed by atoms with E-state index in [4.69, 9.17) is 20.9 Å². The molecule has 0 aliphatic carbocycles. The lowest BCUT2D eigenvalue weighted by molar-refractivity contribution is -0.142. The van der Waals surface area contributed by atoms with Gasteiger partial charge in [-0.2, -0.15) is 4.98 Å². The number of fused-ring (bicyclic) bond motifs is 1. The van der Waals surface area contributed by atoms with Crippen LogP contribution in [0.2, 0.25) is 5.02 Å². The number of carbonyl (C=O) groups is 1. The monoisotopic (exact) mass is 360 g/mol. The lowest BCUT2D eigenvalue weighted by Crippen LogP contribution is -2.35. The molecule has 1 aromatic carbocycles. The molecule has 8 heteroatoms. The summed E-state index contributed by atoms with van der Waals surface area (Å²) in [6.45, 7) is 3.83. The van der Waals surface area contributed by atoms with E-state index in [1.54, 1.807) is 12.1 Å². The van der Waals surface area contributed by atoms with Crippen molar-refractivity contribution < 1.29 is 14.1 Å². The molecule has 0 aliphatic heterocycles. The number of methoxy groups -OCH3 is 1. The molecule has 2 heterocycles. The summed E-state index contributed by atoms with van der Waals surface area (Å²) >= 11 is 6.07. The van der Waals surface area contributed by atoms with E-state index in [1.165, 1.54) is 13.4 Å². The fraction of sp³-hybridized carbons (Fsp3) is 0.294. The van der Waals surface area contributed by atoms with E-state index in [0.717, 1.165) is 5.56 Å². The molecule has 7 nitrogen and oxygen atoms in total. The van der Waals surface area contributed by atoms with Gasteiger partial charge < -0.3 is 14.6 Å². The molecule has 0 spiro atoms. The fourth-order valence-corrected chi connectivity index (χ4v) is 2.69. The van der Waals surface area contributed by atoms with Gasteiger partial charge in [-0.1, -0.05) is 42.7 Å². The van der Waals surface area contributed by atoms with Crippen LogP contribution in [0.5, 0.6) is 0 Å². The van der Waals surface area contributed by atoms with Crippen LogP contribution in [0.4, 0.5) is 5.82 Å². The maximum absolute atomic E-state index is 12.0. The molecule has 0 saturated carbocycles. The van der Waals surface area contributed by atoms with Crippen molar-refractivity contribution in [2.45, 2.75) is 19.9 Å². The number of nitrogens with one attached hydrogen (secondary N) is 1. The average molecular weight is 361 g/mol. The molecule has 1 atom stereocenters. The molecule has 3 aromatic rings. The van der Waals surface area contributed by atoms with Gasteiger partial charge in [0.25, 0.3) is 5.71 Å². The predicted molar refractivity (Wildman–Crippen MR) is 94.3 cm³/mol. The third-order valence-corrected chi connectivity index (χ3v) is 4.02. The topological polar surface area (TPSA) is 90.1 Å². The first-order valence-corrected chi connectivity index (χ1v) is 8.09. The van der Waals surface area contributed by atoms with Gasteiger partial charge in [0.15, 0.2) is 0 Å². The first-order chi connectivity index (χ1) is 12.0. The smallest absolute Gasteiger partial charge is 0.328 e. The Balaban J connectivity index is 2.10. The largest absolute Gasteiger partial charge is 0.467 e. The quantitative estimate of drug-likeness (QED) is 0.696. The molecule has 1 unspecified atom stereocenters. The highest BCUT2D eigenvalue weighted by Crippen LogP contribution is 2.32. The molecule has 1 N–H and O–H groups in total. The molecule has 0 saturated heterocycles. The predicted octanol–water partition coefficient (Wildman–Crippen LogP) is 3.55. The van der Waals surface area contributed by atoms with Gasteiger partial charge in [-0.25, -0.2) is 9.78 Å². The van der Waals surface area contributed by atoms with Gasteiger partial charge in [-0.15, -0.1) is 0 Å². The zero-order valence-corrected chi connectivity index (χ0v) is 14.7. The van der Waals surface area contributed by atoms with Crippen LogP contribution in [0.1, 0.15) is 13.8 Å². The molecule has 0 radical (unpaired) electrons. The standard InChI is InChI=1S/C17H17ClN4O3/c1-9(2)13(17(23)24-3)21-15-12-14(10-5-4-6-11(18)7-10)22-25-16(12)20-8-19-15/h4-9,13H,1-3H3,(H,19,20,21). The minimum atomic E-state index is -0.565. The summed E-state index contributed by atoms with van der Waals surface area (Å²) in [4.78, 5) is 20.4. The highest BCUT2D eigenvalue weighted by Gasteiger charge is 2.26. The van der Waals surface area contributed by atoms with Crippen molar-refractivity contribution in [3.05, 3.63) is 35.6 Å². The number of nitrogens with zero attached hydrogens (tertiary/aromatic N) is 3. The van der Waals surface area contributed by atoms with E-state index in [2.05, 4.69) is 20.4 Å². The van der Waals surface area contributed by atoms with Gasteiger partial charge >= 0.3 is 5.97 Å². The number of hydrogen-bond acceptors (Lipinski definition) is 7. The summed E-state index contributed by atoms with van der Waals surface area (Å²) in [5.74, 6) is 0.0693. The van der Waals surface area contributed by atoms with Crippen molar-refractivity contribution in [2.75, 3.05) is 12.4 Å². The minimum absolute atomic E-state index is 0.00746. The number of esters is 1. The molecule has 3 rings (SSSR count). The van der Waals surface area contributed by atoms with Crippen molar-refractivity contribution in [1.82, 2.24) is 15.1 Å². The number of halogens is 1. The second-order valence-electron chi connectivity index (χ2n) is 5.83. The summed E-state index contributed by atoms with van der Waals surface area (Å²) in [6, 6.07) is 6.66. The van der Waals surface area contributed by atoms with Crippen molar-refractivity contribution >= 4 is 34.5 Å². The highest BCUT2D eigenvalue weighted by molar-refractivity contribution is 6.30. The number of ether oxygens (including phenoxy) is 1. The number of rotatable bonds is 5. The maximum Gasteiger partial charge on any atom is 0.328 e. The Morgan fingerprint density at radius 1 is 1.32 bits per heavy atom. The Morgan fingerprint density at radius 2 is 2.12 bits per heavy atom. The zero-order valence-electron chi connectivity index (χ0n) is 14.0. The van der Waals surface area contributed by atoms with E-state index in [0.29, 0.717) is 27.6 Å². The van der Waals surface area contributed by atoms with Crippen LogP contribution in [0.25, 0.3) is 22.4 Å². The average Bonchev–Trinajstić information content (AvgIpc) is 3.03. The molecule has 25 heavy (non-hydrogen) atoms. The van der Waals surface area contributed by atoms with Crippen LogP contribution < -0.4 is 5.32 Å². The third-order valence-electron chi connectivity index (χ3n) is 3.78. The zero-order chi connectivity index (χ0) is 18.0. The third kappa shape index (κ3) is 3.41. The fourth-order valence-electron chi connectivity index (χ4n) is 2.50. The normalized spacial score (nSPS) is 12.4. The molecular formula is C17H17ClN4O3. The van der Waals surface area contributed by atoms with Gasteiger partial charge in [-0.05, 0) is 18.1 Å². The van der Waals surface area contributed by atoms with Gasteiger partial charge in [0.2, 0.25) is 0 Å². The minimum Gasteiger partial charge on any atom is -0.467 e. The summed E-state index contributed by atoms with van der Waals surface area (Å²) in [5, 5.41) is 8.38. The summed E-state index contributed by atoms with van der Waals surface area (Å²) in [6.07, 6.45) is 1.35. The van der Waals surface area contributed by atoms with Crippen LogP contribution in [0.3, 0.4) is 0 Å².